The van der Waals surface area contributed by atoms with E-state index in [0.717, 1.165) is 25.1 Å². The number of hydrogen-bond donors (Lipinski definition) is 1. The van der Waals surface area contributed by atoms with Crippen LogP contribution in [0.5, 0.6) is 0 Å². The Bertz CT molecular complexity index is 620. The molecule has 0 saturated heterocycles. The Kier molecular flexibility index (Phi) is 4.59. The van der Waals surface area contributed by atoms with Crippen LogP contribution in [0, 0.1) is 0 Å². The first-order valence-electron chi connectivity index (χ1n) is 7.72. The van der Waals surface area contributed by atoms with E-state index in [2.05, 4.69) is 39.9 Å². The maximum absolute atomic E-state index is 12.0. The number of aromatic nitrogens is 2. The van der Waals surface area contributed by atoms with Gasteiger partial charge < -0.3 is 5.32 Å². The molecule has 0 fully saturated rings. The van der Waals surface area contributed by atoms with Crippen molar-refractivity contribution in [3.05, 3.63) is 40.3 Å². The molecule has 1 N–H and O–H groups in total. The van der Waals surface area contributed by atoms with E-state index < -0.39 is 0 Å². The molecule has 6 heteroatoms. The van der Waals surface area contributed by atoms with Gasteiger partial charge in [0.2, 0.25) is 0 Å². The molecule has 1 aliphatic rings. The fourth-order valence-corrected chi connectivity index (χ4v) is 3.51. The molecule has 1 aliphatic heterocycles. The molecule has 1 unspecified atom stereocenters. The van der Waals surface area contributed by atoms with Gasteiger partial charge in [-0.3, -0.25) is 14.4 Å². The van der Waals surface area contributed by atoms with Crippen molar-refractivity contribution in [2.45, 2.75) is 38.9 Å². The largest absolute Gasteiger partial charge is 0.352 e. The second-order valence-corrected chi connectivity index (χ2v) is 6.78. The van der Waals surface area contributed by atoms with Crippen molar-refractivity contribution in [1.29, 1.82) is 0 Å². The molecule has 0 spiro atoms. The maximum Gasteiger partial charge on any atom is 0.252 e. The van der Waals surface area contributed by atoms with Crippen molar-refractivity contribution in [1.82, 2.24) is 20.0 Å². The highest BCUT2D eigenvalue weighted by molar-refractivity contribution is 7.08. The van der Waals surface area contributed by atoms with Gasteiger partial charge in [0.05, 0.1) is 11.7 Å². The third-order valence-corrected chi connectivity index (χ3v) is 4.87. The van der Waals surface area contributed by atoms with E-state index in [4.69, 9.17) is 0 Å². The lowest BCUT2D eigenvalue weighted by molar-refractivity contribution is 0.0944. The minimum Gasteiger partial charge on any atom is -0.352 e. The zero-order chi connectivity index (χ0) is 15.5. The lowest BCUT2D eigenvalue weighted by Gasteiger charge is -2.36. The van der Waals surface area contributed by atoms with Gasteiger partial charge in [0.1, 0.15) is 0 Å². The summed E-state index contributed by atoms with van der Waals surface area (Å²) in [5.74, 6) is 0.0125. The Morgan fingerprint density at radius 1 is 1.50 bits per heavy atom. The van der Waals surface area contributed by atoms with E-state index in [1.165, 1.54) is 5.69 Å². The third kappa shape index (κ3) is 3.23. The highest BCUT2D eigenvalue weighted by Crippen LogP contribution is 2.24. The van der Waals surface area contributed by atoms with Gasteiger partial charge in [-0.1, -0.05) is 0 Å². The minimum atomic E-state index is 0.0125. The lowest BCUT2D eigenvalue weighted by Crippen LogP contribution is -2.42. The highest BCUT2D eigenvalue weighted by Gasteiger charge is 2.26. The molecule has 0 aromatic carbocycles. The van der Waals surface area contributed by atoms with Crippen LogP contribution in [0.25, 0.3) is 0 Å². The van der Waals surface area contributed by atoms with Gasteiger partial charge in [-0.2, -0.15) is 16.4 Å². The summed E-state index contributed by atoms with van der Waals surface area (Å²) in [5, 5.41) is 11.3. The number of nitrogens with one attached hydrogen (secondary N) is 1. The Balaban J connectivity index is 1.59. The van der Waals surface area contributed by atoms with Gasteiger partial charge in [-0.25, -0.2) is 0 Å². The molecule has 5 nitrogen and oxygen atoms in total. The van der Waals surface area contributed by atoms with Crippen molar-refractivity contribution in [2.24, 2.45) is 0 Å². The molecule has 0 bridgehead atoms. The molecule has 0 aliphatic carbocycles. The summed E-state index contributed by atoms with van der Waals surface area (Å²) in [4.78, 5) is 14.4. The maximum atomic E-state index is 12.0. The smallest absolute Gasteiger partial charge is 0.252 e. The predicted octanol–water partition coefficient (Wildman–Crippen LogP) is 2.53. The Morgan fingerprint density at radius 2 is 2.36 bits per heavy atom. The van der Waals surface area contributed by atoms with Gasteiger partial charge in [0, 0.05) is 42.8 Å². The molecule has 1 atom stereocenters. The van der Waals surface area contributed by atoms with Crippen molar-refractivity contribution in [3.8, 4) is 0 Å². The molecule has 22 heavy (non-hydrogen) atoms. The summed E-state index contributed by atoms with van der Waals surface area (Å²) in [6, 6.07) is 4.79. The van der Waals surface area contributed by atoms with Crippen LogP contribution in [0.4, 0.5) is 0 Å². The van der Waals surface area contributed by atoms with Crippen LogP contribution in [0.3, 0.4) is 0 Å². The molecule has 0 saturated carbocycles. The number of fused-ring (bicyclic) bond motifs is 1. The van der Waals surface area contributed by atoms with Crippen LogP contribution in [-0.2, 0) is 6.54 Å². The molecule has 2 aromatic heterocycles. The zero-order valence-corrected chi connectivity index (χ0v) is 13.8. The van der Waals surface area contributed by atoms with Crippen LogP contribution in [0.1, 0.15) is 42.4 Å². The first kappa shape index (κ1) is 15.2. The van der Waals surface area contributed by atoms with Crippen LogP contribution in [-0.4, -0.2) is 39.7 Å². The van der Waals surface area contributed by atoms with Gasteiger partial charge in [0.15, 0.2) is 0 Å². The summed E-state index contributed by atoms with van der Waals surface area (Å²) in [5.41, 5.74) is 2.01. The molecule has 3 heterocycles. The fourth-order valence-electron chi connectivity index (χ4n) is 2.87. The van der Waals surface area contributed by atoms with Crippen molar-refractivity contribution in [2.75, 3.05) is 13.1 Å². The first-order chi connectivity index (χ1) is 10.6. The van der Waals surface area contributed by atoms with Gasteiger partial charge in [-0.15, -0.1) is 0 Å². The topological polar surface area (TPSA) is 50.2 Å². The second kappa shape index (κ2) is 6.62. The molecule has 1 amide bonds. The van der Waals surface area contributed by atoms with Crippen LogP contribution in [0.15, 0.2) is 29.1 Å². The van der Waals surface area contributed by atoms with Gasteiger partial charge >= 0.3 is 0 Å². The standard InChI is InChI=1S/C16H22N4OS/c1-12(2)19-9-14(20-15(10-19)4-7-18-20)3-6-17-16(21)13-5-8-22-11-13/h4-5,7-8,11-12,14H,3,6,9-10H2,1-2H3,(H,17,21). The Hall–Kier alpha value is -1.66. The second-order valence-electron chi connectivity index (χ2n) is 6.00. The van der Waals surface area contributed by atoms with E-state index in [-0.39, 0.29) is 5.91 Å². The number of carbonyl (C=O) groups excluding carboxylic acids is 1. The monoisotopic (exact) mass is 318 g/mol. The van der Waals surface area contributed by atoms with Crippen molar-refractivity contribution < 1.29 is 4.79 Å². The number of carbonyl (C=O) groups is 1. The first-order valence-corrected chi connectivity index (χ1v) is 8.66. The summed E-state index contributed by atoms with van der Waals surface area (Å²) in [6.07, 6.45) is 2.77. The van der Waals surface area contributed by atoms with Crippen LogP contribution >= 0.6 is 11.3 Å². The van der Waals surface area contributed by atoms with Crippen LogP contribution in [0.2, 0.25) is 0 Å². The predicted molar refractivity (Wildman–Crippen MR) is 88.1 cm³/mol. The zero-order valence-electron chi connectivity index (χ0n) is 13.0. The number of amides is 1. The SMILES string of the molecule is CC(C)N1Cc2ccnn2C(CCNC(=O)c2ccsc2)C1. The molecule has 118 valence electrons. The number of hydrogen-bond acceptors (Lipinski definition) is 4. The third-order valence-electron chi connectivity index (χ3n) is 4.19. The van der Waals surface area contributed by atoms with E-state index in [0.29, 0.717) is 18.6 Å². The van der Waals surface area contributed by atoms with Crippen molar-refractivity contribution in [3.63, 3.8) is 0 Å². The summed E-state index contributed by atoms with van der Waals surface area (Å²) in [7, 11) is 0. The van der Waals surface area contributed by atoms with E-state index in [1.54, 1.807) is 11.3 Å². The van der Waals surface area contributed by atoms with Gasteiger partial charge in [0.25, 0.3) is 5.91 Å². The van der Waals surface area contributed by atoms with E-state index in [1.807, 2.05) is 23.0 Å². The fraction of sp³-hybridized carbons (Fsp3) is 0.500. The Labute approximate surface area is 134 Å². The average Bonchev–Trinajstić information content (AvgIpc) is 3.18. The number of thiophene rings is 1. The Morgan fingerprint density at radius 3 is 3.09 bits per heavy atom. The summed E-state index contributed by atoms with van der Waals surface area (Å²) >= 11 is 1.54. The van der Waals surface area contributed by atoms with E-state index >= 15 is 0 Å². The normalized spacial score (nSPS) is 18.4. The molecular formula is C16H22N4OS. The minimum absolute atomic E-state index is 0.0125. The highest BCUT2D eigenvalue weighted by atomic mass is 32.1. The van der Waals surface area contributed by atoms with Gasteiger partial charge in [-0.05, 0) is 37.8 Å². The summed E-state index contributed by atoms with van der Waals surface area (Å²) in [6.45, 7) is 7.06. The molecular weight excluding hydrogens is 296 g/mol. The summed E-state index contributed by atoms with van der Waals surface area (Å²) < 4.78 is 2.12. The number of nitrogens with zero attached hydrogens (tertiary/aromatic N) is 3. The molecule has 3 rings (SSSR count). The lowest BCUT2D eigenvalue weighted by atomic mass is 10.1. The quantitative estimate of drug-likeness (QED) is 0.921. The average molecular weight is 318 g/mol. The molecule has 0 radical (unpaired) electrons. The number of rotatable bonds is 5. The van der Waals surface area contributed by atoms with Crippen molar-refractivity contribution >= 4 is 17.2 Å². The molecule has 2 aromatic rings. The van der Waals surface area contributed by atoms with Crippen LogP contribution < -0.4 is 5.32 Å². The van der Waals surface area contributed by atoms with E-state index in [9.17, 15) is 4.79 Å².